The number of benzene rings is 9. The standard InChI is InChI=1S/C76H80BN3S/c1-47-40-48(2)42-49(41-47)50-43-64-69-65(44-50)80(59-37-28-54(29-38-59)75(12,13)14)70-62(77(69)61-45-55(76(15,16)17)30-39-63(61)79(64)58-35-26-53(27-36-58)74(9,10)11)46-67-68(60-20-18-19-21-66(60)81-67)71(70)78(56-31-22-51(23-32-56)72(3,4)5)57-33-24-52(25-34-57)73(6,7)8/h18-46H,1-17H3. The molecule has 81 heavy (non-hydrogen) atoms. The lowest BCUT2D eigenvalue weighted by Crippen LogP contribution is -2.61. The van der Waals surface area contributed by atoms with Gasteiger partial charge in [0.05, 0.1) is 11.4 Å². The van der Waals surface area contributed by atoms with Gasteiger partial charge in [0.15, 0.2) is 0 Å². The lowest BCUT2D eigenvalue weighted by atomic mass is 9.33. The Morgan fingerprint density at radius 2 is 0.815 bits per heavy atom. The van der Waals surface area contributed by atoms with Crippen LogP contribution in [0.25, 0.3) is 31.3 Å². The third-order valence-electron chi connectivity index (χ3n) is 17.3. The lowest BCUT2D eigenvalue weighted by Gasteiger charge is -2.46. The van der Waals surface area contributed by atoms with E-state index in [0.29, 0.717) is 0 Å². The number of hydrogen-bond donors (Lipinski definition) is 0. The van der Waals surface area contributed by atoms with Crippen molar-refractivity contribution >= 4 is 106 Å². The van der Waals surface area contributed by atoms with Gasteiger partial charge in [0, 0.05) is 60.0 Å². The van der Waals surface area contributed by atoms with Crippen molar-refractivity contribution < 1.29 is 0 Å². The predicted molar refractivity (Wildman–Crippen MR) is 356 cm³/mol. The third-order valence-corrected chi connectivity index (χ3v) is 18.4. The van der Waals surface area contributed by atoms with E-state index in [0.717, 1.165) is 22.7 Å². The highest BCUT2D eigenvalue weighted by molar-refractivity contribution is 7.26. The van der Waals surface area contributed by atoms with Crippen molar-refractivity contribution in [2.45, 2.75) is 145 Å². The molecule has 9 aromatic carbocycles. The van der Waals surface area contributed by atoms with Gasteiger partial charge in [-0.05, 0) is 175 Å². The molecule has 0 spiro atoms. The second kappa shape index (κ2) is 19.1. The molecule has 0 amide bonds. The fourth-order valence-corrected chi connectivity index (χ4v) is 13.9. The van der Waals surface area contributed by atoms with Crippen LogP contribution in [-0.2, 0) is 27.1 Å². The third kappa shape index (κ3) is 9.58. The average molecular weight is 1080 g/mol. The quantitative estimate of drug-likeness (QED) is 0.154. The van der Waals surface area contributed by atoms with Crippen LogP contribution in [0.4, 0.5) is 51.2 Å². The normalized spacial score (nSPS) is 13.7. The van der Waals surface area contributed by atoms with E-state index in [1.807, 2.05) is 11.3 Å². The summed E-state index contributed by atoms with van der Waals surface area (Å²) in [6.07, 6.45) is 0. The summed E-state index contributed by atoms with van der Waals surface area (Å²) < 4.78 is 2.56. The van der Waals surface area contributed by atoms with Gasteiger partial charge < -0.3 is 14.7 Å². The van der Waals surface area contributed by atoms with Gasteiger partial charge in [-0.1, -0.05) is 212 Å². The molecule has 10 aromatic rings. The number of aryl methyl sites for hydroxylation is 2. The second-order valence-corrected chi connectivity index (χ2v) is 29.7. The Morgan fingerprint density at radius 3 is 1.31 bits per heavy atom. The number of hydrogen-bond acceptors (Lipinski definition) is 4. The van der Waals surface area contributed by atoms with Crippen LogP contribution in [0.3, 0.4) is 0 Å². The van der Waals surface area contributed by atoms with Crippen LogP contribution in [0, 0.1) is 13.8 Å². The van der Waals surface area contributed by atoms with Crippen LogP contribution < -0.4 is 31.1 Å². The highest BCUT2D eigenvalue weighted by atomic mass is 32.1. The number of thiophene rings is 1. The van der Waals surface area contributed by atoms with Crippen molar-refractivity contribution in [1.82, 2.24) is 0 Å². The van der Waals surface area contributed by atoms with Crippen LogP contribution in [0.1, 0.15) is 143 Å². The van der Waals surface area contributed by atoms with E-state index in [2.05, 4.69) is 308 Å². The zero-order chi connectivity index (χ0) is 57.5. The highest BCUT2D eigenvalue weighted by Crippen LogP contribution is 2.55. The first-order valence-electron chi connectivity index (χ1n) is 29.4. The molecular weight excluding hydrogens is 998 g/mol. The van der Waals surface area contributed by atoms with E-state index in [-0.39, 0.29) is 33.8 Å². The Kier molecular flexibility index (Phi) is 12.8. The lowest BCUT2D eigenvalue weighted by molar-refractivity contribution is 0.590. The fraction of sp³-hybridized carbons (Fsp3) is 0.289. The van der Waals surface area contributed by atoms with Crippen LogP contribution in [0.5, 0.6) is 0 Å². The number of rotatable bonds is 6. The van der Waals surface area contributed by atoms with Gasteiger partial charge in [0.2, 0.25) is 0 Å². The highest BCUT2D eigenvalue weighted by Gasteiger charge is 2.47. The summed E-state index contributed by atoms with van der Waals surface area (Å²) in [4.78, 5) is 7.90. The second-order valence-electron chi connectivity index (χ2n) is 28.6. The zero-order valence-corrected chi connectivity index (χ0v) is 51.9. The Labute approximate surface area is 488 Å². The molecule has 3 nitrogen and oxygen atoms in total. The van der Waals surface area contributed by atoms with E-state index < -0.39 is 0 Å². The molecule has 0 fully saturated rings. The summed E-state index contributed by atoms with van der Waals surface area (Å²) in [6, 6.07) is 69.2. The molecule has 0 saturated carbocycles. The molecule has 1 aromatic heterocycles. The SMILES string of the molecule is Cc1cc(C)cc(-c2cc3c4c(c2)N(c2ccc(C(C)(C)C)cc2)c2c(cc5sc6ccccc6c5c2N(c2ccc(C(C)(C)C)cc2)c2ccc(C(C)(C)C)cc2)B4c2cc(C(C)(C)C)ccc2N3c2ccc(C(C)(C)C)cc2)c1. The summed E-state index contributed by atoms with van der Waals surface area (Å²) in [6.45, 7) is 39.2. The maximum absolute atomic E-state index is 2.68. The molecule has 0 bridgehead atoms. The molecule has 0 radical (unpaired) electrons. The summed E-state index contributed by atoms with van der Waals surface area (Å²) in [5, 5.41) is 2.53. The number of anilines is 9. The topological polar surface area (TPSA) is 9.72 Å². The summed E-state index contributed by atoms with van der Waals surface area (Å²) in [5.41, 5.74) is 25.8. The fourth-order valence-electron chi connectivity index (χ4n) is 12.7. The average Bonchev–Trinajstić information content (AvgIpc) is 1.96. The summed E-state index contributed by atoms with van der Waals surface area (Å²) in [5.74, 6) is 0. The van der Waals surface area contributed by atoms with Gasteiger partial charge in [-0.3, -0.25) is 0 Å². The van der Waals surface area contributed by atoms with E-state index in [9.17, 15) is 0 Å². The van der Waals surface area contributed by atoms with E-state index >= 15 is 0 Å². The molecule has 0 atom stereocenters. The molecule has 408 valence electrons. The summed E-state index contributed by atoms with van der Waals surface area (Å²) >= 11 is 1.92. The monoisotopic (exact) mass is 1080 g/mol. The molecule has 2 aliphatic rings. The smallest absolute Gasteiger partial charge is 0.252 e. The van der Waals surface area contributed by atoms with Crippen molar-refractivity contribution in [3.8, 4) is 11.1 Å². The predicted octanol–water partition coefficient (Wildman–Crippen LogP) is 20.4. The maximum Gasteiger partial charge on any atom is 0.252 e. The number of fused-ring (bicyclic) bond motifs is 7. The first-order valence-corrected chi connectivity index (χ1v) is 30.2. The van der Waals surface area contributed by atoms with Gasteiger partial charge in [-0.15, -0.1) is 11.3 Å². The Hall–Kier alpha value is -7.34. The van der Waals surface area contributed by atoms with Crippen LogP contribution in [0.15, 0.2) is 176 Å². The Balaban J connectivity index is 1.29. The minimum Gasteiger partial charge on any atom is -0.311 e. The van der Waals surface area contributed by atoms with Crippen LogP contribution in [0.2, 0.25) is 0 Å². The first-order chi connectivity index (χ1) is 38.1. The first kappa shape index (κ1) is 54.3. The van der Waals surface area contributed by atoms with E-state index in [1.54, 1.807) is 0 Å². The molecule has 0 aliphatic carbocycles. The van der Waals surface area contributed by atoms with Crippen molar-refractivity contribution in [3.63, 3.8) is 0 Å². The molecule has 0 N–H and O–H groups in total. The van der Waals surface area contributed by atoms with Crippen molar-refractivity contribution in [2.24, 2.45) is 0 Å². The minimum absolute atomic E-state index is 0.00663. The largest absolute Gasteiger partial charge is 0.311 e. The van der Waals surface area contributed by atoms with Gasteiger partial charge in [0.25, 0.3) is 6.71 Å². The van der Waals surface area contributed by atoms with Gasteiger partial charge in [0.1, 0.15) is 0 Å². The molecule has 0 saturated heterocycles. The van der Waals surface area contributed by atoms with E-state index in [4.69, 9.17) is 0 Å². The van der Waals surface area contributed by atoms with Crippen molar-refractivity contribution in [2.75, 3.05) is 14.7 Å². The Bertz CT molecular complexity index is 3990. The van der Waals surface area contributed by atoms with Crippen molar-refractivity contribution in [3.05, 3.63) is 215 Å². The molecule has 2 aliphatic heterocycles. The zero-order valence-electron chi connectivity index (χ0n) is 51.1. The summed E-state index contributed by atoms with van der Waals surface area (Å²) in [7, 11) is 0. The van der Waals surface area contributed by atoms with Gasteiger partial charge >= 0.3 is 0 Å². The van der Waals surface area contributed by atoms with Gasteiger partial charge in [-0.25, -0.2) is 0 Å². The Morgan fingerprint density at radius 1 is 0.383 bits per heavy atom. The van der Waals surface area contributed by atoms with E-state index in [1.165, 1.54) is 115 Å². The molecule has 12 rings (SSSR count). The van der Waals surface area contributed by atoms with Gasteiger partial charge in [-0.2, -0.15) is 0 Å². The van der Waals surface area contributed by atoms with Crippen LogP contribution >= 0.6 is 11.3 Å². The number of nitrogens with zero attached hydrogens (tertiary/aromatic N) is 3. The molecule has 5 heteroatoms. The molecule has 3 heterocycles. The molecular formula is C76H80BN3S. The molecule has 0 unspecified atom stereocenters. The minimum atomic E-state index is -0.132. The van der Waals surface area contributed by atoms with Crippen molar-refractivity contribution in [1.29, 1.82) is 0 Å². The maximum atomic E-state index is 2.68. The van der Waals surface area contributed by atoms with Crippen LogP contribution in [-0.4, -0.2) is 6.71 Å².